The van der Waals surface area contributed by atoms with E-state index >= 15 is 0 Å². The first kappa shape index (κ1) is 15.2. The van der Waals surface area contributed by atoms with E-state index in [2.05, 4.69) is 5.32 Å². The van der Waals surface area contributed by atoms with E-state index in [4.69, 9.17) is 9.84 Å². The summed E-state index contributed by atoms with van der Waals surface area (Å²) in [6.07, 6.45) is 1.22. The number of carboxylic acid groups (broad SMARTS) is 1. The second kappa shape index (κ2) is 7.53. The molecule has 1 rings (SSSR count). The first-order chi connectivity index (χ1) is 9.04. The molecule has 0 aromatic heterocycles. The van der Waals surface area contributed by atoms with Crippen LogP contribution in [-0.4, -0.2) is 30.2 Å². The van der Waals surface area contributed by atoms with Crippen LogP contribution in [0.2, 0.25) is 0 Å². The van der Waals surface area contributed by atoms with Gasteiger partial charge in [0.05, 0.1) is 18.6 Å². The number of carbonyl (C=O) groups is 2. The molecule has 2 N–H and O–H groups in total. The zero-order chi connectivity index (χ0) is 14.3. The molecule has 0 spiro atoms. The van der Waals surface area contributed by atoms with Gasteiger partial charge in [0.15, 0.2) is 0 Å². The number of aromatic carboxylic acids is 1. The maximum atomic E-state index is 11.6. The number of ether oxygens (including phenoxy) is 1. The molecule has 1 aromatic rings. The molecule has 0 heterocycles. The van der Waals surface area contributed by atoms with Crippen molar-refractivity contribution >= 4 is 17.6 Å². The van der Waals surface area contributed by atoms with Gasteiger partial charge in [-0.25, -0.2) is 4.79 Å². The predicted molar refractivity (Wildman–Crippen MR) is 72.5 cm³/mol. The van der Waals surface area contributed by atoms with E-state index in [0.717, 1.165) is 6.42 Å². The Morgan fingerprint density at radius 3 is 2.63 bits per heavy atom. The Hall–Kier alpha value is -1.88. The van der Waals surface area contributed by atoms with Crippen LogP contribution in [0.4, 0.5) is 5.69 Å². The maximum absolute atomic E-state index is 11.6. The molecule has 0 aliphatic rings. The minimum Gasteiger partial charge on any atom is -0.478 e. The van der Waals surface area contributed by atoms with Gasteiger partial charge in [-0.1, -0.05) is 6.92 Å². The molecule has 0 aliphatic carbocycles. The van der Waals surface area contributed by atoms with Gasteiger partial charge in [0, 0.05) is 12.3 Å². The third-order valence-corrected chi connectivity index (χ3v) is 2.56. The number of anilines is 1. The van der Waals surface area contributed by atoms with E-state index in [1.165, 1.54) is 6.07 Å². The number of aryl methyl sites for hydroxylation is 1. The summed E-state index contributed by atoms with van der Waals surface area (Å²) in [4.78, 5) is 22.5. The van der Waals surface area contributed by atoms with Crippen LogP contribution in [0.3, 0.4) is 0 Å². The maximum Gasteiger partial charge on any atom is 0.335 e. The number of carboxylic acids is 1. The third-order valence-electron chi connectivity index (χ3n) is 2.56. The topological polar surface area (TPSA) is 75.6 Å². The number of benzene rings is 1. The Bertz CT molecular complexity index is 457. The number of nitrogens with one attached hydrogen (secondary N) is 1. The van der Waals surface area contributed by atoms with Gasteiger partial charge in [-0.3, -0.25) is 4.79 Å². The van der Waals surface area contributed by atoms with E-state index in [0.29, 0.717) is 30.9 Å². The van der Waals surface area contributed by atoms with E-state index in [1.54, 1.807) is 19.1 Å². The predicted octanol–water partition coefficient (Wildman–Crippen LogP) is 2.45. The van der Waals surface area contributed by atoms with Gasteiger partial charge in [0.25, 0.3) is 0 Å². The van der Waals surface area contributed by atoms with E-state index in [-0.39, 0.29) is 11.5 Å². The molecule has 0 atom stereocenters. The highest BCUT2D eigenvalue weighted by Crippen LogP contribution is 2.15. The van der Waals surface area contributed by atoms with Crippen molar-refractivity contribution in [3.63, 3.8) is 0 Å². The average Bonchev–Trinajstić information content (AvgIpc) is 2.34. The van der Waals surface area contributed by atoms with E-state index in [9.17, 15) is 9.59 Å². The fourth-order valence-corrected chi connectivity index (χ4v) is 1.62. The lowest BCUT2D eigenvalue weighted by Gasteiger charge is -2.08. The van der Waals surface area contributed by atoms with Gasteiger partial charge in [-0.05, 0) is 37.1 Å². The molecule has 0 fully saturated rings. The van der Waals surface area contributed by atoms with Crippen molar-refractivity contribution in [3.05, 3.63) is 29.3 Å². The zero-order valence-corrected chi connectivity index (χ0v) is 11.2. The Balaban J connectivity index is 2.51. The third kappa shape index (κ3) is 5.09. The van der Waals surface area contributed by atoms with Crippen molar-refractivity contribution in [2.75, 3.05) is 18.5 Å². The molecule has 104 valence electrons. The average molecular weight is 265 g/mol. The summed E-state index contributed by atoms with van der Waals surface area (Å²) < 4.78 is 5.23. The summed E-state index contributed by atoms with van der Waals surface area (Å²) in [7, 11) is 0. The molecule has 0 radical (unpaired) electrons. The molecule has 0 bridgehead atoms. The van der Waals surface area contributed by atoms with Gasteiger partial charge in [-0.15, -0.1) is 0 Å². The van der Waals surface area contributed by atoms with Crippen molar-refractivity contribution in [2.45, 2.75) is 26.7 Å². The van der Waals surface area contributed by atoms with Crippen LogP contribution in [0.15, 0.2) is 18.2 Å². The van der Waals surface area contributed by atoms with Gasteiger partial charge in [0.2, 0.25) is 5.91 Å². The quantitative estimate of drug-likeness (QED) is 0.742. The van der Waals surface area contributed by atoms with E-state index < -0.39 is 5.97 Å². The second-order valence-electron chi connectivity index (χ2n) is 4.25. The van der Waals surface area contributed by atoms with Crippen molar-refractivity contribution in [3.8, 4) is 0 Å². The normalized spacial score (nSPS) is 10.2. The summed E-state index contributed by atoms with van der Waals surface area (Å²) in [6.45, 7) is 4.75. The Kier molecular flexibility index (Phi) is 6.02. The highest BCUT2D eigenvalue weighted by Gasteiger charge is 2.08. The lowest BCUT2D eigenvalue weighted by molar-refractivity contribution is -0.117. The number of hydrogen-bond donors (Lipinski definition) is 2. The van der Waals surface area contributed by atoms with Gasteiger partial charge < -0.3 is 15.2 Å². The molecule has 5 heteroatoms. The van der Waals surface area contributed by atoms with Crippen molar-refractivity contribution in [2.24, 2.45) is 0 Å². The lowest BCUT2D eigenvalue weighted by Crippen LogP contribution is -2.14. The zero-order valence-electron chi connectivity index (χ0n) is 11.2. The van der Waals surface area contributed by atoms with Gasteiger partial charge in [-0.2, -0.15) is 0 Å². The summed E-state index contributed by atoms with van der Waals surface area (Å²) >= 11 is 0. The van der Waals surface area contributed by atoms with E-state index in [1.807, 2.05) is 6.92 Å². The standard InChI is InChI=1S/C14H19NO4/c1-3-7-19-8-6-13(16)15-11-4-5-12(14(17)18)10(2)9-11/h4-5,9H,3,6-8H2,1-2H3,(H,15,16)(H,17,18). The minimum absolute atomic E-state index is 0.140. The van der Waals surface area contributed by atoms with Crippen LogP contribution in [0.5, 0.6) is 0 Å². The summed E-state index contributed by atoms with van der Waals surface area (Å²) in [5, 5.41) is 11.6. The lowest BCUT2D eigenvalue weighted by atomic mass is 10.1. The molecule has 0 aliphatic heterocycles. The number of rotatable bonds is 7. The summed E-state index contributed by atoms with van der Waals surface area (Å²) in [5.41, 5.74) is 1.46. The van der Waals surface area contributed by atoms with Crippen molar-refractivity contribution < 1.29 is 19.4 Å². The SMILES string of the molecule is CCCOCCC(=O)Nc1ccc(C(=O)O)c(C)c1. The molecule has 19 heavy (non-hydrogen) atoms. The number of amides is 1. The second-order valence-corrected chi connectivity index (χ2v) is 4.25. The van der Waals surface area contributed by atoms with Crippen LogP contribution in [0.1, 0.15) is 35.7 Å². The minimum atomic E-state index is -0.969. The largest absolute Gasteiger partial charge is 0.478 e. The highest BCUT2D eigenvalue weighted by atomic mass is 16.5. The van der Waals surface area contributed by atoms with Crippen LogP contribution >= 0.6 is 0 Å². The Morgan fingerprint density at radius 1 is 1.32 bits per heavy atom. The number of carbonyl (C=O) groups excluding carboxylic acids is 1. The van der Waals surface area contributed by atoms with Gasteiger partial charge in [0.1, 0.15) is 0 Å². The Labute approximate surface area is 112 Å². The van der Waals surface area contributed by atoms with Crippen LogP contribution < -0.4 is 5.32 Å². The molecule has 0 unspecified atom stereocenters. The number of hydrogen-bond acceptors (Lipinski definition) is 3. The molecule has 0 saturated heterocycles. The Morgan fingerprint density at radius 2 is 2.05 bits per heavy atom. The first-order valence-corrected chi connectivity index (χ1v) is 6.26. The fourth-order valence-electron chi connectivity index (χ4n) is 1.62. The molecular weight excluding hydrogens is 246 g/mol. The van der Waals surface area contributed by atoms with Crippen molar-refractivity contribution in [1.82, 2.24) is 0 Å². The summed E-state index contributed by atoms with van der Waals surface area (Å²) in [5.74, 6) is -1.11. The molecule has 5 nitrogen and oxygen atoms in total. The fraction of sp³-hybridized carbons (Fsp3) is 0.429. The van der Waals surface area contributed by atoms with Gasteiger partial charge >= 0.3 is 5.97 Å². The monoisotopic (exact) mass is 265 g/mol. The van der Waals surface area contributed by atoms with Crippen molar-refractivity contribution in [1.29, 1.82) is 0 Å². The molecule has 1 amide bonds. The van der Waals surface area contributed by atoms with Crippen LogP contribution in [0, 0.1) is 6.92 Å². The molecule has 1 aromatic carbocycles. The first-order valence-electron chi connectivity index (χ1n) is 6.26. The molecular formula is C14H19NO4. The smallest absolute Gasteiger partial charge is 0.335 e. The highest BCUT2D eigenvalue weighted by molar-refractivity contribution is 5.93. The van der Waals surface area contributed by atoms with Crippen LogP contribution in [0.25, 0.3) is 0 Å². The van der Waals surface area contributed by atoms with Crippen LogP contribution in [-0.2, 0) is 9.53 Å². The molecule has 0 saturated carbocycles. The summed E-state index contributed by atoms with van der Waals surface area (Å²) in [6, 6.07) is 4.72.